The van der Waals surface area contributed by atoms with Crippen molar-refractivity contribution in [1.82, 2.24) is 4.90 Å². The van der Waals surface area contributed by atoms with E-state index in [9.17, 15) is 9.59 Å². The Bertz CT molecular complexity index is 977. The van der Waals surface area contributed by atoms with E-state index in [1.807, 2.05) is 49.4 Å². The Labute approximate surface area is 195 Å². The van der Waals surface area contributed by atoms with Crippen LogP contribution in [-0.4, -0.2) is 35.8 Å². The van der Waals surface area contributed by atoms with E-state index in [0.29, 0.717) is 22.9 Å². The number of halogens is 1. The molecule has 1 aliphatic rings. The van der Waals surface area contributed by atoms with E-state index in [4.69, 9.17) is 9.47 Å². The van der Waals surface area contributed by atoms with Gasteiger partial charge in [-0.25, -0.2) is 0 Å². The fourth-order valence-corrected chi connectivity index (χ4v) is 4.57. The first kappa shape index (κ1) is 23.4. The van der Waals surface area contributed by atoms with Crippen molar-refractivity contribution in [3.05, 3.63) is 63.0 Å². The summed E-state index contributed by atoms with van der Waals surface area (Å²) in [6.45, 7) is 4.45. The number of hydrogen-bond donors (Lipinski definition) is 0. The largest absolute Gasteiger partial charge is 0.493 e. The van der Waals surface area contributed by atoms with Gasteiger partial charge in [0.25, 0.3) is 11.1 Å². The first-order valence-corrected chi connectivity index (χ1v) is 11.9. The second-order valence-electron chi connectivity index (χ2n) is 7.29. The SMILES string of the molecule is CC[C@H](C)Oc1c(Br)cc(/C=C2/SC(=O)N(CCCc3ccccc3)C2=O)cc1OC. The predicted octanol–water partition coefficient (Wildman–Crippen LogP) is 6.30. The molecule has 0 N–H and O–H groups in total. The van der Waals surface area contributed by atoms with E-state index in [2.05, 4.69) is 22.9 Å². The number of methoxy groups -OCH3 is 1. The van der Waals surface area contributed by atoms with Crippen molar-refractivity contribution in [3.8, 4) is 11.5 Å². The van der Waals surface area contributed by atoms with E-state index in [1.54, 1.807) is 13.2 Å². The highest BCUT2D eigenvalue weighted by Gasteiger charge is 2.34. The van der Waals surface area contributed by atoms with Crippen LogP contribution in [0.5, 0.6) is 11.5 Å². The van der Waals surface area contributed by atoms with Gasteiger partial charge in [-0.1, -0.05) is 37.3 Å². The van der Waals surface area contributed by atoms with Gasteiger partial charge in [0.05, 0.1) is 22.6 Å². The molecule has 2 aromatic rings. The Morgan fingerprint density at radius 1 is 1.19 bits per heavy atom. The number of benzene rings is 2. The minimum absolute atomic E-state index is 0.0448. The molecule has 0 saturated carbocycles. The Balaban J connectivity index is 1.72. The second kappa shape index (κ2) is 10.9. The first-order valence-electron chi connectivity index (χ1n) is 10.3. The van der Waals surface area contributed by atoms with Crippen LogP contribution in [0.2, 0.25) is 0 Å². The van der Waals surface area contributed by atoms with Crippen molar-refractivity contribution >= 4 is 44.9 Å². The molecule has 0 bridgehead atoms. The maximum atomic E-state index is 12.8. The molecule has 7 heteroatoms. The lowest BCUT2D eigenvalue weighted by Gasteiger charge is -2.17. The maximum Gasteiger partial charge on any atom is 0.293 e. The summed E-state index contributed by atoms with van der Waals surface area (Å²) in [5.74, 6) is 0.948. The highest BCUT2D eigenvalue weighted by molar-refractivity contribution is 9.10. The number of carbonyl (C=O) groups excluding carboxylic acids is 2. The quantitative estimate of drug-likeness (QED) is 0.375. The van der Waals surface area contributed by atoms with Gasteiger partial charge in [-0.2, -0.15) is 0 Å². The van der Waals surface area contributed by atoms with Gasteiger partial charge in [0.15, 0.2) is 11.5 Å². The van der Waals surface area contributed by atoms with Crippen LogP contribution >= 0.6 is 27.7 Å². The van der Waals surface area contributed by atoms with Crippen LogP contribution in [0, 0.1) is 0 Å². The van der Waals surface area contributed by atoms with Crippen LogP contribution in [0.4, 0.5) is 4.79 Å². The van der Waals surface area contributed by atoms with Crippen molar-refractivity contribution in [2.75, 3.05) is 13.7 Å². The Morgan fingerprint density at radius 3 is 2.61 bits per heavy atom. The molecule has 1 saturated heterocycles. The molecule has 0 spiro atoms. The molecule has 0 aliphatic carbocycles. The summed E-state index contributed by atoms with van der Waals surface area (Å²) in [6.07, 6.45) is 4.19. The normalized spacial score (nSPS) is 16.1. The van der Waals surface area contributed by atoms with Gasteiger partial charge in [-0.15, -0.1) is 0 Å². The second-order valence-corrected chi connectivity index (χ2v) is 9.14. The fraction of sp³-hybridized carbons (Fsp3) is 0.333. The summed E-state index contributed by atoms with van der Waals surface area (Å²) in [5.41, 5.74) is 1.96. The van der Waals surface area contributed by atoms with Gasteiger partial charge in [-0.05, 0) is 83.2 Å². The van der Waals surface area contributed by atoms with Crippen molar-refractivity contribution in [3.63, 3.8) is 0 Å². The summed E-state index contributed by atoms with van der Waals surface area (Å²) < 4.78 is 12.2. The third kappa shape index (κ3) is 5.92. The molecule has 3 rings (SSSR count). The maximum absolute atomic E-state index is 12.8. The van der Waals surface area contributed by atoms with Gasteiger partial charge in [-0.3, -0.25) is 14.5 Å². The summed E-state index contributed by atoms with van der Waals surface area (Å²) in [5, 5.41) is -0.230. The summed E-state index contributed by atoms with van der Waals surface area (Å²) >= 11 is 4.51. The predicted molar refractivity (Wildman–Crippen MR) is 129 cm³/mol. The Hall–Kier alpha value is -2.25. The number of carbonyl (C=O) groups is 2. The zero-order valence-corrected chi connectivity index (χ0v) is 20.3. The van der Waals surface area contributed by atoms with Gasteiger partial charge in [0.2, 0.25) is 0 Å². The number of amides is 2. The van der Waals surface area contributed by atoms with E-state index in [-0.39, 0.29) is 17.3 Å². The first-order chi connectivity index (χ1) is 14.9. The number of hydrogen-bond acceptors (Lipinski definition) is 5. The highest BCUT2D eigenvalue weighted by Crippen LogP contribution is 2.39. The van der Waals surface area contributed by atoms with Gasteiger partial charge in [0, 0.05) is 6.54 Å². The molecular weight excluding hydrogens is 478 g/mol. The molecule has 1 heterocycles. The molecule has 164 valence electrons. The lowest BCUT2D eigenvalue weighted by atomic mass is 10.1. The van der Waals surface area contributed by atoms with Gasteiger partial charge >= 0.3 is 0 Å². The van der Waals surface area contributed by atoms with Crippen LogP contribution in [-0.2, 0) is 11.2 Å². The molecule has 2 amide bonds. The van der Waals surface area contributed by atoms with Crippen LogP contribution in [0.15, 0.2) is 51.8 Å². The van der Waals surface area contributed by atoms with Gasteiger partial charge < -0.3 is 9.47 Å². The van der Waals surface area contributed by atoms with Crippen LogP contribution in [0.3, 0.4) is 0 Å². The zero-order chi connectivity index (χ0) is 22.4. The molecule has 1 fully saturated rings. The summed E-state index contributed by atoms with van der Waals surface area (Å²) in [4.78, 5) is 26.9. The molecule has 5 nitrogen and oxygen atoms in total. The van der Waals surface area contributed by atoms with E-state index in [1.165, 1.54) is 10.5 Å². The number of thioether (sulfide) groups is 1. The Kier molecular flexibility index (Phi) is 8.21. The molecule has 0 unspecified atom stereocenters. The minimum atomic E-state index is -0.252. The Morgan fingerprint density at radius 2 is 1.94 bits per heavy atom. The molecule has 2 aromatic carbocycles. The topological polar surface area (TPSA) is 55.8 Å². The third-order valence-corrected chi connectivity index (χ3v) is 6.50. The monoisotopic (exact) mass is 503 g/mol. The van der Waals surface area contributed by atoms with E-state index in [0.717, 1.165) is 41.1 Å². The van der Waals surface area contributed by atoms with E-state index < -0.39 is 0 Å². The minimum Gasteiger partial charge on any atom is -0.493 e. The number of nitrogens with zero attached hydrogens (tertiary/aromatic N) is 1. The molecule has 1 aliphatic heterocycles. The summed E-state index contributed by atoms with van der Waals surface area (Å²) in [7, 11) is 1.58. The average molecular weight is 504 g/mol. The molecule has 0 radical (unpaired) electrons. The average Bonchev–Trinajstić information content (AvgIpc) is 3.03. The van der Waals surface area contributed by atoms with Crippen molar-refractivity contribution in [1.29, 1.82) is 0 Å². The van der Waals surface area contributed by atoms with Crippen molar-refractivity contribution < 1.29 is 19.1 Å². The van der Waals surface area contributed by atoms with Crippen molar-refractivity contribution in [2.24, 2.45) is 0 Å². The molecular formula is C24H26BrNO4S. The molecule has 0 aromatic heterocycles. The lowest BCUT2D eigenvalue weighted by molar-refractivity contribution is -0.122. The van der Waals surface area contributed by atoms with Crippen LogP contribution in [0.25, 0.3) is 6.08 Å². The lowest BCUT2D eigenvalue weighted by Crippen LogP contribution is -2.29. The van der Waals surface area contributed by atoms with Crippen LogP contribution < -0.4 is 9.47 Å². The molecule has 31 heavy (non-hydrogen) atoms. The number of rotatable bonds is 9. The van der Waals surface area contributed by atoms with Crippen LogP contribution in [0.1, 0.15) is 37.8 Å². The van der Waals surface area contributed by atoms with Gasteiger partial charge in [0.1, 0.15) is 0 Å². The smallest absolute Gasteiger partial charge is 0.293 e. The highest BCUT2D eigenvalue weighted by atomic mass is 79.9. The molecule has 1 atom stereocenters. The number of imide groups is 1. The van der Waals surface area contributed by atoms with Crippen molar-refractivity contribution in [2.45, 2.75) is 39.2 Å². The zero-order valence-electron chi connectivity index (χ0n) is 17.9. The standard InChI is InChI=1S/C24H26BrNO4S/c1-4-16(2)30-22-19(25)13-18(14-20(22)29-3)15-21-23(27)26(24(28)31-21)12-8-11-17-9-6-5-7-10-17/h5-7,9-10,13-16H,4,8,11-12H2,1-3H3/b21-15+/t16-/m0/s1. The number of ether oxygens (including phenoxy) is 2. The van der Waals surface area contributed by atoms with E-state index >= 15 is 0 Å². The fourth-order valence-electron chi connectivity index (χ4n) is 3.15. The number of aryl methyl sites for hydroxylation is 1. The summed E-state index contributed by atoms with van der Waals surface area (Å²) in [6, 6.07) is 13.7. The third-order valence-electron chi connectivity index (χ3n) is 5.01.